The van der Waals surface area contributed by atoms with Crippen LogP contribution in [0.1, 0.15) is 39.0 Å². The normalized spacial score (nSPS) is 21.1. The van der Waals surface area contributed by atoms with Crippen LogP contribution in [-0.2, 0) is 0 Å². The first-order valence-corrected chi connectivity index (χ1v) is 4.74. The van der Waals surface area contributed by atoms with E-state index in [1.165, 1.54) is 32.1 Å². The summed E-state index contributed by atoms with van der Waals surface area (Å²) in [7, 11) is -1.26. The fourth-order valence-electron chi connectivity index (χ4n) is 1.76. The lowest BCUT2D eigenvalue weighted by Gasteiger charge is -2.18. The van der Waals surface area contributed by atoms with Gasteiger partial charge in [0.15, 0.2) is 0 Å². The molecule has 3 heteroatoms. The number of rotatable bonds is 2. The van der Waals surface area contributed by atoms with Gasteiger partial charge >= 0.3 is 7.12 Å². The third kappa shape index (κ3) is 2.99. The molecule has 0 aromatic rings. The lowest BCUT2D eigenvalue weighted by atomic mass is 9.76. The summed E-state index contributed by atoms with van der Waals surface area (Å²) in [5.41, 5.74) is 0.696. The molecule has 68 valence electrons. The highest BCUT2D eigenvalue weighted by Gasteiger charge is 2.14. The van der Waals surface area contributed by atoms with Crippen molar-refractivity contribution in [1.82, 2.24) is 0 Å². The van der Waals surface area contributed by atoms with E-state index in [9.17, 15) is 0 Å². The zero-order valence-electron chi connectivity index (χ0n) is 7.66. The van der Waals surface area contributed by atoms with Gasteiger partial charge in [0.2, 0.25) is 0 Å². The average Bonchev–Trinajstić information content (AvgIpc) is 2.06. The third-order valence-corrected chi connectivity index (χ3v) is 2.56. The van der Waals surface area contributed by atoms with Crippen molar-refractivity contribution < 1.29 is 10.0 Å². The molecular weight excluding hydrogens is 151 g/mol. The molecule has 1 fully saturated rings. The second-order valence-electron chi connectivity index (χ2n) is 3.68. The first kappa shape index (κ1) is 9.81. The molecular formula is C9H17BO2. The van der Waals surface area contributed by atoms with Gasteiger partial charge < -0.3 is 10.0 Å². The maximum atomic E-state index is 8.84. The van der Waals surface area contributed by atoms with Gasteiger partial charge in [0.05, 0.1) is 0 Å². The Hall–Kier alpha value is -0.275. The van der Waals surface area contributed by atoms with Gasteiger partial charge in [-0.05, 0) is 31.2 Å². The molecule has 0 amide bonds. The standard InChI is InChI=1S/C9H17BO2/c1-8(10(11)12)7-9-5-3-2-4-6-9/h7,9,11-12H,2-6H2,1H3/b8-7+. The molecule has 1 aliphatic carbocycles. The van der Waals surface area contributed by atoms with Crippen LogP contribution in [-0.4, -0.2) is 17.2 Å². The molecule has 0 bridgehead atoms. The van der Waals surface area contributed by atoms with E-state index in [1.807, 2.05) is 6.08 Å². The zero-order chi connectivity index (χ0) is 8.97. The Balaban J connectivity index is 2.41. The van der Waals surface area contributed by atoms with Crippen molar-refractivity contribution in [2.75, 3.05) is 0 Å². The Morgan fingerprint density at radius 1 is 1.25 bits per heavy atom. The third-order valence-electron chi connectivity index (χ3n) is 2.56. The first-order chi connectivity index (χ1) is 5.70. The van der Waals surface area contributed by atoms with Crippen LogP contribution in [0.4, 0.5) is 0 Å². The Kier molecular flexibility index (Phi) is 3.82. The van der Waals surface area contributed by atoms with Crippen molar-refractivity contribution in [2.24, 2.45) is 5.92 Å². The van der Waals surface area contributed by atoms with Crippen molar-refractivity contribution in [3.8, 4) is 0 Å². The van der Waals surface area contributed by atoms with Crippen LogP contribution in [0.15, 0.2) is 11.5 Å². The summed E-state index contributed by atoms with van der Waals surface area (Å²) in [6.45, 7) is 1.78. The SMILES string of the molecule is C/C(=C\C1CCCCC1)B(O)O. The molecule has 0 aliphatic heterocycles. The van der Waals surface area contributed by atoms with Crippen LogP contribution in [0.25, 0.3) is 0 Å². The Labute approximate surface area is 74.4 Å². The van der Waals surface area contributed by atoms with Crippen molar-refractivity contribution in [1.29, 1.82) is 0 Å². The molecule has 2 nitrogen and oxygen atoms in total. The topological polar surface area (TPSA) is 40.5 Å². The van der Waals surface area contributed by atoms with Gasteiger partial charge in [0.25, 0.3) is 0 Å². The van der Waals surface area contributed by atoms with Gasteiger partial charge in [0, 0.05) is 0 Å². The van der Waals surface area contributed by atoms with Crippen molar-refractivity contribution >= 4 is 7.12 Å². The van der Waals surface area contributed by atoms with Crippen molar-refractivity contribution in [3.05, 3.63) is 11.5 Å². The van der Waals surface area contributed by atoms with E-state index < -0.39 is 7.12 Å². The van der Waals surface area contributed by atoms with Gasteiger partial charge in [-0.3, -0.25) is 0 Å². The molecule has 1 saturated carbocycles. The lowest BCUT2D eigenvalue weighted by Crippen LogP contribution is -2.15. The number of allylic oxidation sites excluding steroid dienone is 2. The number of hydrogen-bond donors (Lipinski definition) is 2. The van der Waals surface area contributed by atoms with E-state index in [0.29, 0.717) is 11.4 Å². The molecule has 0 radical (unpaired) electrons. The highest BCUT2D eigenvalue weighted by Crippen LogP contribution is 2.25. The molecule has 1 rings (SSSR count). The maximum absolute atomic E-state index is 8.84. The van der Waals surface area contributed by atoms with Crippen LogP contribution in [0.3, 0.4) is 0 Å². The summed E-state index contributed by atoms with van der Waals surface area (Å²) in [5, 5.41) is 17.7. The molecule has 0 unspecified atom stereocenters. The summed E-state index contributed by atoms with van der Waals surface area (Å²) in [6.07, 6.45) is 8.36. The second-order valence-corrected chi connectivity index (χ2v) is 3.68. The van der Waals surface area contributed by atoms with Gasteiger partial charge in [-0.25, -0.2) is 0 Å². The van der Waals surface area contributed by atoms with Crippen LogP contribution < -0.4 is 0 Å². The lowest BCUT2D eigenvalue weighted by molar-refractivity contribution is 0.406. The van der Waals surface area contributed by atoms with Crippen molar-refractivity contribution in [2.45, 2.75) is 39.0 Å². The summed E-state index contributed by atoms with van der Waals surface area (Å²) in [5.74, 6) is 0.584. The minimum absolute atomic E-state index is 0.584. The molecule has 2 N–H and O–H groups in total. The summed E-state index contributed by atoms with van der Waals surface area (Å²) in [4.78, 5) is 0. The monoisotopic (exact) mass is 168 g/mol. The van der Waals surface area contributed by atoms with E-state index in [2.05, 4.69) is 0 Å². The molecule has 0 aromatic heterocycles. The average molecular weight is 168 g/mol. The van der Waals surface area contributed by atoms with Gasteiger partial charge in [0.1, 0.15) is 0 Å². The Morgan fingerprint density at radius 2 is 1.83 bits per heavy atom. The second kappa shape index (κ2) is 4.68. The molecule has 12 heavy (non-hydrogen) atoms. The minimum Gasteiger partial charge on any atom is -0.423 e. The summed E-state index contributed by atoms with van der Waals surface area (Å²) >= 11 is 0. The molecule has 0 spiro atoms. The molecule has 0 atom stereocenters. The minimum atomic E-state index is -1.26. The number of hydrogen-bond acceptors (Lipinski definition) is 2. The highest BCUT2D eigenvalue weighted by molar-refractivity contribution is 6.50. The maximum Gasteiger partial charge on any atom is 0.483 e. The van der Waals surface area contributed by atoms with Crippen LogP contribution in [0.2, 0.25) is 0 Å². The highest BCUT2D eigenvalue weighted by atomic mass is 16.4. The Morgan fingerprint density at radius 3 is 2.33 bits per heavy atom. The first-order valence-electron chi connectivity index (χ1n) is 4.74. The van der Waals surface area contributed by atoms with Crippen LogP contribution in [0, 0.1) is 5.92 Å². The van der Waals surface area contributed by atoms with Crippen LogP contribution in [0.5, 0.6) is 0 Å². The van der Waals surface area contributed by atoms with Gasteiger partial charge in [-0.15, -0.1) is 0 Å². The molecule has 0 saturated heterocycles. The van der Waals surface area contributed by atoms with Gasteiger partial charge in [-0.2, -0.15) is 0 Å². The molecule has 0 aromatic carbocycles. The zero-order valence-corrected chi connectivity index (χ0v) is 7.66. The fraction of sp³-hybridized carbons (Fsp3) is 0.778. The quantitative estimate of drug-likeness (QED) is 0.613. The van der Waals surface area contributed by atoms with E-state index in [-0.39, 0.29) is 0 Å². The molecule has 0 heterocycles. The van der Waals surface area contributed by atoms with Crippen molar-refractivity contribution in [3.63, 3.8) is 0 Å². The Bertz CT molecular complexity index is 160. The fourth-order valence-corrected chi connectivity index (χ4v) is 1.76. The molecule has 1 aliphatic rings. The predicted molar refractivity (Wildman–Crippen MR) is 50.5 cm³/mol. The smallest absolute Gasteiger partial charge is 0.423 e. The van der Waals surface area contributed by atoms with E-state index in [0.717, 1.165) is 0 Å². The van der Waals surface area contributed by atoms with Crippen LogP contribution >= 0.6 is 0 Å². The largest absolute Gasteiger partial charge is 0.483 e. The summed E-state index contributed by atoms with van der Waals surface area (Å²) < 4.78 is 0. The van der Waals surface area contributed by atoms with Gasteiger partial charge in [-0.1, -0.05) is 25.3 Å². The van der Waals surface area contributed by atoms with E-state index in [1.54, 1.807) is 6.92 Å². The predicted octanol–water partition coefficient (Wildman–Crippen LogP) is 1.52. The van der Waals surface area contributed by atoms with E-state index in [4.69, 9.17) is 10.0 Å². The summed E-state index contributed by atoms with van der Waals surface area (Å²) in [6, 6.07) is 0. The van der Waals surface area contributed by atoms with E-state index >= 15 is 0 Å².